The summed E-state index contributed by atoms with van der Waals surface area (Å²) < 4.78 is 0. The Hall–Kier alpha value is -1.14. The molecule has 1 heterocycles. The number of nitrogen functional groups attached to an aromatic ring is 1. The summed E-state index contributed by atoms with van der Waals surface area (Å²) in [7, 11) is 0. The number of carbonyl (C=O) groups excluding carboxylic acids is 1. The average molecular weight is 298 g/mol. The SMILES string of the molecule is CCN(CC)CCCN(CC)C(=O)c1sc(N)nc1C. The molecule has 0 atom stereocenters. The van der Waals surface area contributed by atoms with Crippen molar-refractivity contribution in [3.05, 3.63) is 10.6 Å². The number of nitrogens with zero attached hydrogens (tertiary/aromatic N) is 3. The van der Waals surface area contributed by atoms with Crippen molar-refractivity contribution in [2.24, 2.45) is 0 Å². The summed E-state index contributed by atoms with van der Waals surface area (Å²) in [5.74, 6) is 0.0544. The Morgan fingerprint density at radius 2 is 1.85 bits per heavy atom. The van der Waals surface area contributed by atoms with Gasteiger partial charge in [0.05, 0.1) is 5.69 Å². The fraction of sp³-hybridized carbons (Fsp3) is 0.714. The lowest BCUT2D eigenvalue weighted by Gasteiger charge is -2.23. The second kappa shape index (κ2) is 8.21. The number of carbonyl (C=O) groups is 1. The molecular formula is C14H26N4OS. The van der Waals surface area contributed by atoms with Gasteiger partial charge in [0.2, 0.25) is 0 Å². The van der Waals surface area contributed by atoms with Crippen LogP contribution in [-0.4, -0.2) is 53.4 Å². The maximum Gasteiger partial charge on any atom is 0.265 e. The van der Waals surface area contributed by atoms with E-state index in [1.807, 2.05) is 18.7 Å². The van der Waals surface area contributed by atoms with Crippen LogP contribution in [0.5, 0.6) is 0 Å². The zero-order chi connectivity index (χ0) is 15.1. The summed E-state index contributed by atoms with van der Waals surface area (Å²) >= 11 is 1.28. The molecule has 1 amide bonds. The number of hydrogen-bond donors (Lipinski definition) is 1. The molecule has 20 heavy (non-hydrogen) atoms. The highest BCUT2D eigenvalue weighted by atomic mass is 32.1. The molecule has 2 N–H and O–H groups in total. The molecule has 1 aromatic heterocycles. The minimum Gasteiger partial charge on any atom is -0.375 e. The van der Waals surface area contributed by atoms with E-state index in [9.17, 15) is 4.79 Å². The fourth-order valence-electron chi connectivity index (χ4n) is 2.19. The monoisotopic (exact) mass is 298 g/mol. The van der Waals surface area contributed by atoms with E-state index < -0.39 is 0 Å². The molecule has 0 aliphatic rings. The molecule has 0 fully saturated rings. The summed E-state index contributed by atoms with van der Waals surface area (Å²) in [5, 5.41) is 0.463. The van der Waals surface area contributed by atoms with Crippen LogP contribution >= 0.6 is 11.3 Å². The van der Waals surface area contributed by atoms with Crippen LogP contribution in [-0.2, 0) is 0 Å². The summed E-state index contributed by atoms with van der Waals surface area (Å²) in [6.45, 7) is 12.8. The maximum atomic E-state index is 12.5. The van der Waals surface area contributed by atoms with Gasteiger partial charge in [-0.15, -0.1) is 0 Å². The minimum absolute atomic E-state index is 0.0544. The van der Waals surface area contributed by atoms with Crippen molar-refractivity contribution >= 4 is 22.4 Å². The van der Waals surface area contributed by atoms with Gasteiger partial charge < -0.3 is 15.5 Å². The molecule has 0 spiro atoms. The summed E-state index contributed by atoms with van der Waals surface area (Å²) in [6.07, 6.45) is 0.995. The van der Waals surface area contributed by atoms with E-state index in [-0.39, 0.29) is 5.91 Å². The molecule has 1 aromatic rings. The van der Waals surface area contributed by atoms with Crippen molar-refractivity contribution in [1.29, 1.82) is 0 Å². The third kappa shape index (κ3) is 4.45. The van der Waals surface area contributed by atoms with E-state index in [0.29, 0.717) is 16.6 Å². The standard InChI is InChI=1S/C14H26N4OS/c1-5-17(6-2)9-8-10-18(7-3)13(19)12-11(4)16-14(15)20-12/h5-10H2,1-4H3,(H2,15,16). The van der Waals surface area contributed by atoms with Gasteiger partial charge in [0, 0.05) is 13.1 Å². The number of amides is 1. The predicted molar refractivity (Wildman–Crippen MR) is 85.2 cm³/mol. The molecule has 0 saturated carbocycles. The molecule has 114 valence electrons. The van der Waals surface area contributed by atoms with Crippen LogP contribution in [0.25, 0.3) is 0 Å². The quantitative estimate of drug-likeness (QED) is 0.799. The van der Waals surface area contributed by atoms with Crippen molar-refractivity contribution in [2.45, 2.75) is 34.1 Å². The van der Waals surface area contributed by atoms with E-state index >= 15 is 0 Å². The predicted octanol–water partition coefficient (Wildman–Crippen LogP) is 2.23. The Labute approximate surface area is 125 Å². The van der Waals surface area contributed by atoms with E-state index in [0.717, 1.165) is 38.3 Å². The van der Waals surface area contributed by atoms with Crippen LogP contribution in [0.3, 0.4) is 0 Å². The van der Waals surface area contributed by atoms with Crippen molar-refractivity contribution in [1.82, 2.24) is 14.8 Å². The Morgan fingerprint density at radius 3 is 2.30 bits per heavy atom. The fourth-order valence-corrected chi connectivity index (χ4v) is 2.99. The van der Waals surface area contributed by atoms with Crippen LogP contribution in [0.4, 0.5) is 5.13 Å². The highest BCUT2D eigenvalue weighted by Gasteiger charge is 2.19. The number of hydrogen-bond acceptors (Lipinski definition) is 5. The van der Waals surface area contributed by atoms with Crippen molar-refractivity contribution in [2.75, 3.05) is 38.5 Å². The van der Waals surface area contributed by atoms with Crippen LogP contribution in [0.15, 0.2) is 0 Å². The van der Waals surface area contributed by atoms with Crippen molar-refractivity contribution < 1.29 is 4.79 Å². The molecule has 0 saturated heterocycles. The highest BCUT2D eigenvalue weighted by Crippen LogP contribution is 2.21. The number of nitrogens with two attached hydrogens (primary N) is 1. The van der Waals surface area contributed by atoms with Crippen LogP contribution in [0, 0.1) is 6.92 Å². The largest absolute Gasteiger partial charge is 0.375 e. The number of rotatable bonds is 8. The Bertz CT molecular complexity index is 429. The zero-order valence-electron chi connectivity index (χ0n) is 13.0. The van der Waals surface area contributed by atoms with Gasteiger partial charge in [0.1, 0.15) is 4.88 Å². The minimum atomic E-state index is 0.0544. The average Bonchev–Trinajstić information content (AvgIpc) is 2.77. The van der Waals surface area contributed by atoms with Gasteiger partial charge in [-0.1, -0.05) is 25.2 Å². The number of thiazole rings is 1. The van der Waals surface area contributed by atoms with Gasteiger partial charge in [-0.05, 0) is 39.9 Å². The summed E-state index contributed by atoms with van der Waals surface area (Å²) in [5.41, 5.74) is 6.40. The van der Waals surface area contributed by atoms with Gasteiger partial charge in [-0.25, -0.2) is 4.98 Å². The highest BCUT2D eigenvalue weighted by molar-refractivity contribution is 7.17. The van der Waals surface area contributed by atoms with Gasteiger partial charge in [0.25, 0.3) is 5.91 Å². The lowest BCUT2D eigenvalue weighted by molar-refractivity contribution is 0.0761. The number of aromatic nitrogens is 1. The third-order valence-electron chi connectivity index (χ3n) is 3.47. The van der Waals surface area contributed by atoms with Crippen LogP contribution < -0.4 is 5.73 Å². The molecule has 5 nitrogen and oxygen atoms in total. The maximum absolute atomic E-state index is 12.5. The van der Waals surface area contributed by atoms with E-state index in [4.69, 9.17) is 5.73 Å². The first kappa shape index (κ1) is 16.9. The topological polar surface area (TPSA) is 62.5 Å². The van der Waals surface area contributed by atoms with E-state index in [2.05, 4.69) is 23.7 Å². The second-order valence-corrected chi connectivity index (χ2v) is 5.76. The van der Waals surface area contributed by atoms with Gasteiger partial charge >= 0.3 is 0 Å². The normalized spacial score (nSPS) is 11.1. The molecule has 0 bridgehead atoms. The molecule has 0 aliphatic carbocycles. The third-order valence-corrected chi connectivity index (χ3v) is 4.45. The Kier molecular flexibility index (Phi) is 6.95. The first-order valence-electron chi connectivity index (χ1n) is 7.27. The zero-order valence-corrected chi connectivity index (χ0v) is 13.8. The molecule has 1 rings (SSSR count). The summed E-state index contributed by atoms with van der Waals surface area (Å²) in [6, 6.07) is 0. The first-order chi connectivity index (χ1) is 9.53. The van der Waals surface area contributed by atoms with Crippen LogP contribution in [0.1, 0.15) is 42.6 Å². The smallest absolute Gasteiger partial charge is 0.265 e. The molecule has 0 aromatic carbocycles. The second-order valence-electron chi connectivity index (χ2n) is 4.73. The van der Waals surface area contributed by atoms with E-state index in [1.54, 1.807) is 0 Å². The van der Waals surface area contributed by atoms with Gasteiger partial charge in [0.15, 0.2) is 5.13 Å². The lowest BCUT2D eigenvalue weighted by atomic mass is 10.3. The molecule has 0 radical (unpaired) electrons. The molecular weight excluding hydrogens is 272 g/mol. The Morgan fingerprint density at radius 1 is 1.20 bits per heavy atom. The van der Waals surface area contributed by atoms with E-state index in [1.165, 1.54) is 11.3 Å². The number of anilines is 1. The van der Waals surface area contributed by atoms with Gasteiger partial charge in [-0.2, -0.15) is 0 Å². The number of aryl methyl sites for hydroxylation is 1. The van der Waals surface area contributed by atoms with Crippen molar-refractivity contribution in [3.63, 3.8) is 0 Å². The lowest BCUT2D eigenvalue weighted by Crippen LogP contribution is -2.34. The Balaban J connectivity index is 2.58. The molecule has 6 heteroatoms. The summed E-state index contributed by atoms with van der Waals surface area (Å²) in [4.78, 5) is 21.5. The molecule has 0 aliphatic heterocycles. The van der Waals surface area contributed by atoms with Crippen LogP contribution in [0.2, 0.25) is 0 Å². The van der Waals surface area contributed by atoms with Gasteiger partial charge in [-0.3, -0.25) is 4.79 Å². The molecule has 0 unspecified atom stereocenters. The van der Waals surface area contributed by atoms with Crippen molar-refractivity contribution in [3.8, 4) is 0 Å². The first-order valence-corrected chi connectivity index (χ1v) is 8.09.